The second-order valence-electron chi connectivity index (χ2n) is 2.91. The molecule has 17 heavy (non-hydrogen) atoms. The highest BCUT2D eigenvalue weighted by molar-refractivity contribution is 5.81. The van der Waals surface area contributed by atoms with E-state index >= 15 is 0 Å². The maximum Gasteiger partial charge on any atom is 0.440 e. The lowest BCUT2D eigenvalue weighted by atomic mass is 10.3. The Balaban J connectivity index is 3.33. The molecule has 0 bridgehead atoms. The molecule has 0 unspecified atom stereocenters. The lowest BCUT2D eigenvalue weighted by Crippen LogP contribution is -2.26. The molecule has 0 spiro atoms. The van der Waals surface area contributed by atoms with E-state index in [-0.39, 0.29) is 13.2 Å². The first-order chi connectivity index (χ1) is 8.06. The summed E-state index contributed by atoms with van der Waals surface area (Å²) in [6, 6.07) is 0. The van der Waals surface area contributed by atoms with Crippen molar-refractivity contribution in [2.24, 2.45) is 0 Å². The summed E-state index contributed by atoms with van der Waals surface area (Å²) in [5.74, 6) is -1.13. The van der Waals surface area contributed by atoms with Crippen LogP contribution in [0.1, 0.15) is 19.8 Å². The van der Waals surface area contributed by atoms with Crippen LogP contribution in [-0.2, 0) is 23.9 Å². The zero-order valence-corrected chi connectivity index (χ0v) is 9.56. The molecule has 0 atom stereocenters. The van der Waals surface area contributed by atoms with Crippen LogP contribution in [0, 0.1) is 0 Å². The molecule has 0 rings (SSSR count). The molecule has 0 saturated carbocycles. The molecule has 1 N–H and O–H groups in total. The molecule has 7 nitrogen and oxygen atoms in total. The van der Waals surface area contributed by atoms with Crippen molar-refractivity contribution in [3.05, 3.63) is 12.7 Å². The van der Waals surface area contributed by atoms with Crippen LogP contribution in [0.5, 0.6) is 0 Å². The van der Waals surface area contributed by atoms with Gasteiger partial charge < -0.3 is 14.3 Å². The van der Waals surface area contributed by atoms with Crippen molar-refractivity contribution in [2.75, 3.05) is 13.2 Å². The van der Waals surface area contributed by atoms with Crippen LogP contribution in [0.15, 0.2) is 12.7 Å². The monoisotopic (exact) mass is 245 g/mol. The zero-order valence-electron chi connectivity index (χ0n) is 9.56. The molecule has 0 aliphatic heterocycles. The molecule has 0 aromatic heterocycles. The number of unbranched alkanes of at least 4 members (excludes halogenated alkanes) is 1. The number of rotatable bonds is 6. The molecule has 0 saturated heterocycles. The largest absolute Gasteiger partial charge is 0.463 e. The van der Waals surface area contributed by atoms with Gasteiger partial charge in [-0.2, -0.15) is 0 Å². The van der Waals surface area contributed by atoms with Gasteiger partial charge in [0.15, 0.2) is 0 Å². The minimum absolute atomic E-state index is 0.138. The van der Waals surface area contributed by atoms with Gasteiger partial charge in [-0.25, -0.2) is 9.59 Å². The smallest absolute Gasteiger partial charge is 0.440 e. The number of hydrogen-bond acceptors (Lipinski definition) is 6. The average molecular weight is 245 g/mol. The highest BCUT2D eigenvalue weighted by Gasteiger charge is 2.03. The number of amides is 1. The highest BCUT2D eigenvalue weighted by Crippen LogP contribution is 1.93. The zero-order chi connectivity index (χ0) is 13.1. The number of ether oxygens (including phenoxy) is 2. The molecular weight excluding hydrogens is 230 g/mol. The third kappa shape index (κ3) is 10.2. The summed E-state index contributed by atoms with van der Waals surface area (Å²) in [4.78, 5) is 35.9. The molecule has 0 fully saturated rings. The first kappa shape index (κ1) is 14.9. The molecule has 0 aliphatic rings. The van der Waals surface area contributed by atoms with Crippen molar-refractivity contribution in [1.82, 2.24) is 5.48 Å². The number of hydroxylamine groups is 1. The third-order valence-corrected chi connectivity index (χ3v) is 1.46. The summed E-state index contributed by atoms with van der Waals surface area (Å²) in [6.07, 6.45) is 1.31. The predicted octanol–water partition coefficient (Wildman–Crippen LogP) is 0.700. The van der Waals surface area contributed by atoms with E-state index in [0.717, 1.165) is 13.0 Å². The Bertz CT molecular complexity index is 289. The number of carbonyl (C=O) groups is 3. The Morgan fingerprint density at radius 2 is 1.76 bits per heavy atom. The first-order valence-corrected chi connectivity index (χ1v) is 4.95. The van der Waals surface area contributed by atoms with Crippen LogP contribution in [0.2, 0.25) is 0 Å². The Morgan fingerprint density at radius 3 is 2.29 bits per heavy atom. The van der Waals surface area contributed by atoms with E-state index in [1.165, 1.54) is 0 Å². The molecule has 0 aromatic rings. The summed E-state index contributed by atoms with van der Waals surface area (Å²) in [5.41, 5.74) is 1.79. The van der Waals surface area contributed by atoms with Crippen LogP contribution in [0.4, 0.5) is 4.79 Å². The molecule has 0 aliphatic carbocycles. The van der Waals surface area contributed by atoms with Gasteiger partial charge in [-0.1, -0.05) is 6.58 Å². The second-order valence-corrected chi connectivity index (χ2v) is 2.91. The van der Waals surface area contributed by atoms with Gasteiger partial charge >= 0.3 is 18.0 Å². The van der Waals surface area contributed by atoms with Crippen LogP contribution >= 0.6 is 0 Å². The van der Waals surface area contributed by atoms with Gasteiger partial charge in [-0.05, 0) is 12.8 Å². The van der Waals surface area contributed by atoms with E-state index in [9.17, 15) is 14.4 Å². The van der Waals surface area contributed by atoms with Gasteiger partial charge in [0.25, 0.3) is 0 Å². The van der Waals surface area contributed by atoms with Gasteiger partial charge in [0.05, 0.1) is 13.2 Å². The maximum absolute atomic E-state index is 10.8. The molecule has 0 heterocycles. The SMILES string of the molecule is C=CC(=O)OCCCCOC(=O)NOC(C)=O. The number of nitrogens with one attached hydrogen (secondary N) is 1. The molecule has 1 amide bonds. The summed E-state index contributed by atoms with van der Waals surface area (Å²) in [7, 11) is 0. The standard InChI is InChI=1S/C10H15NO6/c1-3-9(13)15-6-4-5-7-16-10(14)11-17-8(2)12/h3H,1,4-7H2,2H3,(H,11,14). The molecule has 96 valence electrons. The topological polar surface area (TPSA) is 90.9 Å². The van der Waals surface area contributed by atoms with Crippen molar-refractivity contribution < 1.29 is 28.7 Å². The first-order valence-electron chi connectivity index (χ1n) is 4.95. The van der Waals surface area contributed by atoms with E-state index in [1.54, 1.807) is 5.48 Å². The minimum Gasteiger partial charge on any atom is -0.463 e. The second kappa shape index (κ2) is 9.20. The van der Waals surface area contributed by atoms with E-state index in [0.29, 0.717) is 12.8 Å². The fraction of sp³-hybridized carbons (Fsp3) is 0.500. The number of esters is 1. The van der Waals surface area contributed by atoms with E-state index in [1.807, 2.05) is 0 Å². The van der Waals surface area contributed by atoms with Crippen molar-refractivity contribution >= 4 is 18.0 Å². The van der Waals surface area contributed by atoms with Crippen molar-refractivity contribution in [2.45, 2.75) is 19.8 Å². The van der Waals surface area contributed by atoms with Gasteiger partial charge in [-0.3, -0.25) is 4.79 Å². The third-order valence-electron chi connectivity index (χ3n) is 1.46. The quantitative estimate of drug-likeness (QED) is 0.243. The Morgan fingerprint density at radius 1 is 1.18 bits per heavy atom. The average Bonchev–Trinajstić information content (AvgIpc) is 2.30. The minimum atomic E-state index is -0.844. The summed E-state index contributed by atoms with van der Waals surface area (Å²) in [6.45, 7) is 4.76. The fourth-order valence-electron chi connectivity index (χ4n) is 0.744. The normalized spacial score (nSPS) is 9.00. The highest BCUT2D eigenvalue weighted by atomic mass is 16.7. The summed E-state index contributed by atoms with van der Waals surface area (Å²) in [5, 5.41) is 0. The number of hydrogen-bond donors (Lipinski definition) is 1. The van der Waals surface area contributed by atoms with E-state index in [2.05, 4.69) is 16.2 Å². The van der Waals surface area contributed by atoms with Crippen LogP contribution < -0.4 is 5.48 Å². The summed E-state index contributed by atoms with van der Waals surface area (Å²) < 4.78 is 9.33. The Labute approximate surface area is 98.7 Å². The molecular formula is C10H15NO6. The molecule has 0 radical (unpaired) electrons. The van der Waals surface area contributed by atoms with Gasteiger partial charge in [0.1, 0.15) is 0 Å². The van der Waals surface area contributed by atoms with Crippen LogP contribution in [-0.4, -0.2) is 31.2 Å². The Kier molecular flexibility index (Phi) is 8.09. The maximum atomic E-state index is 10.8. The van der Waals surface area contributed by atoms with Crippen molar-refractivity contribution in [3.63, 3.8) is 0 Å². The predicted molar refractivity (Wildman–Crippen MR) is 56.6 cm³/mol. The van der Waals surface area contributed by atoms with Crippen LogP contribution in [0.25, 0.3) is 0 Å². The fourth-order valence-corrected chi connectivity index (χ4v) is 0.744. The molecule has 0 aromatic carbocycles. The van der Waals surface area contributed by atoms with Gasteiger partial charge in [-0.15, -0.1) is 5.48 Å². The lowest BCUT2D eigenvalue weighted by molar-refractivity contribution is -0.147. The van der Waals surface area contributed by atoms with Crippen molar-refractivity contribution in [1.29, 1.82) is 0 Å². The lowest BCUT2D eigenvalue weighted by Gasteiger charge is -2.05. The number of carbonyl (C=O) groups excluding carboxylic acids is 3. The molecule has 7 heteroatoms. The van der Waals surface area contributed by atoms with E-state index < -0.39 is 18.0 Å². The van der Waals surface area contributed by atoms with E-state index in [4.69, 9.17) is 4.74 Å². The Hall–Kier alpha value is -2.05. The summed E-state index contributed by atoms with van der Waals surface area (Å²) >= 11 is 0. The van der Waals surface area contributed by atoms with Crippen molar-refractivity contribution in [3.8, 4) is 0 Å². The van der Waals surface area contributed by atoms with Crippen LogP contribution in [0.3, 0.4) is 0 Å². The van der Waals surface area contributed by atoms with Gasteiger partial charge in [0, 0.05) is 13.0 Å². The van der Waals surface area contributed by atoms with Gasteiger partial charge in [0.2, 0.25) is 0 Å².